The molecule has 0 radical (unpaired) electrons. The van der Waals surface area contributed by atoms with Crippen LogP contribution in [0, 0.1) is 0 Å². The van der Waals surface area contributed by atoms with Gasteiger partial charge in [-0.15, -0.1) is 0 Å². The number of aliphatic hydroxyl groups excluding tert-OH is 2. The number of carbonyl (C=O) groups excluding carboxylic acids is 2. The third-order valence-corrected chi connectivity index (χ3v) is 4.71. The monoisotopic (exact) mass is 460 g/mol. The predicted molar refractivity (Wildman–Crippen MR) is 100.0 cm³/mol. The molecule has 2 aliphatic heterocycles. The molecule has 0 aliphatic carbocycles. The Hall–Kier alpha value is -2.62. The van der Waals surface area contributed by atoms with Crippen molar-refractivity contribution in [3.8, 4) is 0 Å². The first kappa shape index (κ1) is 24.0. The van der Waals surface area contributed by atoms with Crippen molar-refractivity contribution < 1.29 is 48.2 Å². The van der Waals surface area contributed by atoms with Crippen molar-refractivity contribution in [2.75, 3.05) is 19.8 Å². The van der Waals surface area contributed by atoms with Crippen LogP contribution in [0.2, 0.25) is 0 Å². The number of hydrogen-bond donors (Lipinski definition) is 3. The number of nitrogens with zero attached hydrogens (tertiary/aromatic N) is 1. The van der Waals surface area contributed by atoms with Gasteiger partial charge in [0.15, 0.2) is 18.4 Å². The summed E-state index contributed by atoms with van der Waals surface area (Å²) in [4.78, 5) is 50.0. The fourth-order valence-electron chi connectivity index (χ4n) is 3.28. The third kappa shape index (κ3) is 4.90. The maximum absolute atomic E-state index is 12.2. The molecule has 0 aromatic carbocycles. The Bertz CT molecular complexity index is 903. The van der Waals surface area contributed by atoms with Crippen molar-refractivity contribution in [3.05, 3.63) is 33.1 Å². The third-order valence-electron chi connectivity index (χ3n) is 4.71. The molecule has 1 aromatic heterocycles. The molecule has 0 bridgehead atoms. The molecule has 14 heteroatoms. The van der Waals surface area contributed by atoms with Gasteiger partial charge in [-0.2, -0.15) is 0 Å². The normalized spacial score (nSPS) is 30.4. The molecule has 3 rings (SSSR count). The standard InChI is InChI=1S/C18H24N2O12/c1-3-27-15(24)12-13(16(25)28-4-2)32-18(31-12)30-11-10(23)8(7-21)29-14(11)20-6-5-9(22)19-17(20)26/h5-6,8,10-14,18,21,23H,3-4,7H2,1-2H3,(H,19,22,26)/t8-,10-,11-,12+,13+,14-/m1/s1. The van der Waals surface area contributed by atoms with E-state index in [9.17, 15) is 29.4 Å². The lowest BCUT2D eigenvalue weighted by Gasteiger charge is -2.24. The van der Waals surface area contributed by atoms with Crippen LogP contribution >= 0.6 is 0 Å². The second-order valence-corrected chi connectivity index (χ2v) is 6.76. The Morgan fingerprint density at radius 3 is 2.19 bits per heavy atom. The molecule has 32 heavy (non-hydrogen) atoms. The largest absolute Gasteiger partial charge is 0.464 e. The van der Waals surface area contributed by atoms with E-state index in [-0.39, 0.29) is 13.2 Å². The minimum absolute atomic E-state index is 0.0182. The van der Waals surface area contributed by atoms with Crippen LogP contribution in [0.1, 0.15) is 20.1 Å². The zero-order valence-corrected chi connectivity index (χ0v) is 17.2. The first-order valence-corrected chi connectivity index (χ1v) is 9.86. The average molecular weight is 460 g/mol. The van der Waals surface area contributed by atoms with Gasteiger partial charge < -0.3 is 38.6 Å². The van der Waals surface area contributed by atoms with Crippen LogP contribution in [0.25, 0.3) is 0 Å². The van der Waals surface area contributed by atoms with E-state index in [4.69, 9.17) is 28.4 Å². The lowest BCUT2D eigenvalue weighted by molar-refractivity contribution is -0.281. The van der Waals surface area contributed by atoms with Crippen LogP contribution in [0.15, 0.2) is 21.9 Å². The Morgan fingerprint density at radius 1 is 1.09 bits per heavy atom. The molecule has 0 spiro atoms. The fourth-order valence-corrected chi connectivity index (χ4v) is 3.28. The van der Waals surface area contributed by atoms with Gasteiger partial charge in [-0.1, -0.05) is 0 Å². The Kier molecular flexibility index (Phi) is 7.76. The molecule has 3 N–H and O–H groups in total. The van der Waals surface area contributed by atoms with Crippen LogP contribution < -0.4 is 11.2 Å². The summed E-state index contributed by atoms with van der Waals surface area (Å²) in [6.45, 7) is 0.900. The minimum atomic E-state index is -1.65. The van der Waals surface area contributed by atoms with E-state index < -0.39 is 73.0 Å². The molecule has 1 aromatic rings. The van der Waals surface area contributed by atoms with Gasteiger partial charge in [-0.25, -0.2) is 14.4 Å². The summed E-state index contributed by atoms with van der Waals surface area (Å²) in [6, 6.07) is 1.05. The first-order chi connectivity index (χ1) is 15.3. The van der Waals surface area contributed by atoms with E-state index in [0.717, 1.165) is 16.8 Å². The summed E-state index contributed by atoms with van der Waals surface area (Å²) in [5, 5.41) is 20.0. The second-order valence-electron chi connectivity index (χ2n) is 6.76. The lowest BCUT2D eigenvalue weighted by atomic mass is 10.1. The summed E-state index contributed by atoms with van der Waals surface area (Å²) in [5.74, 6) is -1.77. The molecule has 2 fully saturated rings. The quantitative estimate of drug-likeness (QED) is 0.343. The minimum Gasteiger partial charge on any atom is -0.464 e. The van der Waals surface area contributed by atoms with Crippen molar-refractivity contribution in [3.63, 3.8) is 0 Å². The van der Waals surface area contributed by atoms with Crippen LogP contribution in [-0.2, 0) is 38.0 Å². The number of aromatic nitrogens is 2. The molecule has 14 nitrogen and oxygen atoms in total. The molecule has 3 heterocycles. The number of aliphatic hydroxyl groups is 2. The second kappa shape index (κ2) is 10.3. The summed E-state index contributed by atoms with van der Waals surface area (Å²) in [5.41, 5.74) is -1.51. The average Bonchev–Trinajstić information content (AvgIpc) is 3.31. The van der Waals surface area contributed by atoms with Crippen LogP contribution in [0.5, 0.6) is 0 Å². The molecular weight excluding hydrogens is 436 g/mol. The number of esters is 2. The SMILES string of the molecule is CCOC(=O)[C@H]1OC(O[C@@H]2[C@H](O)[C@@H](CO)O[C@H]2n2ccc(=O)[nH]c2=O)O[C@@H]1C(=O)OCC. The van der Waals surface area contributed by atoms with Gasteiger partial charge in [-0.05, 0) is 13.8 Å². The zero-order chi connectivity index (χ0) is 23.4. The molecule has 178 valence electrons. The first-order valence-electron chi connectivity index (χ1n) is 9.86. The van der Waals surface area contributed by atoms with E-state index in [1.165, 1.54) is 0 Å². The molecule has 2 saturated heterocycles. The molecule has 2 aliphatic rings. The van der Waals surface area contributed by atoms with Gasteiger partial charge in [0.2, 0.25) is 0 Å². The summed E-state index contributed by atoms with van der Waals surface area (Å²) in [6.07, 6.45) is -7.15. The van der Waals surface area contributed by atoms with Gasteiger partial charge in [0.25, 0.3) is 12.0 Å². The highest BCUT2D eigenvalue weighted by Crippen LogP contribution is 2.34. The number of hydrogen-bond acceptors (Lipinski definition) is 12. The van der Waals surface area contributed by atoms with Crippen molar-refractivity contribution in [1.29, 1.82) is 0 Å². The molecule has 0 saturated carbocycles. The highest BCUT2D eigenvalue weighted by atomic mass is 16.9. The van der Waals surface area contributed by atoms with Gasteiger partial charge in [-0.3, -0.25) is 14.3 Å². The maximum atomic E-state index is 12.2. The molecular formula is C18H24N2O12. The molecule has 0 amide bonds. The van der Waals surface area contributed by atoms with Crippen molar-refractivity contribution in [1.82, 2.24) is 9.55 Å². The Morgan fingerprint density at radius 2 is 1.69 bits per heavy atom. The highest BCUT2D eigenvalue weighted by molar-refractivity contribution is 5.86. The van der Waals surface area contributed by atoms with Crippen LogP contribution in [-0.4, -0.2) is 88.5 Å². The van der Waals surface area contributed by atoms with Gasteiger partial charge in [0.1, 0.15) is 18.3 Å². The van der Waals surface area contributed by atoms with Gasteiger partial charge in [0, 0.05) is 12.3 Å². The summed E-state index contributed by atoms with van der Waals surface area (Å²) < 4.78 is 32.5. The molecule has 0 unspecified atom stereocenters. The predicted octanol–water partition coefficient (Wildman–Crippen LogP) is -2.63. The number of nitrogens with one attached hydrogen (secondary N) is 1. The number of aromatic amines is 1. The number of carbonyl (C=O) groups is 2. The number of rotatable bonds is 8. The van der Waals surface area contributed by atoms with Gasteiger partial charge >= 0.3 is 17.6 Å². The van der Waals surface area contributed by atoms with Crippen molar-refractivity contribution >= 4 is 11.9 Å². The number of H-pyrrole nitrogens is 1. The summed E-state index contributed by atoms with van der Waals surface area (Å²) in [7, 11) is 0. The Balaban J connectivity index is 1.83. The van der Waals surface area contributed by atoms with Crippen LogP contribution in [0.4, 0.5) is 0 Å². The highest BCUT2D eigenvalue weighted by Gasteiger charge is 2.52. The van der Waals surface area contributed by atoms with Crippen molar-refractivity contribution in [2.45, 2.75) is 57.1 Å². The van der Waals surface area contributed by atoms with E-state index in [1.54, 1.807) is 13.8 Å². The smallest absolute Gasteiger partial charge is 0.338 e. The molecule has 6 atom stereocenters. The van der Waals surface area contributed by atoms with Gasteiger partial charge in [0.05, 0.1) is 19.8 Å². The zero-order valence-electron chi connectivity index (χ0n) is 17.2. The topological polar surface area (TPSA) is 185 Å². The summed E-state index contributed by atoms with van der Waals surface area (Å²) >= 11 is 0. The van der Waals surface area contributed by atoms with Crippen molar-refractivity contribution in [2.24, 2.45) is 0 Å². The van der Waals surface area contributed by atoms with E-state index >= 15 is 0 Å². The van der Waals surface area contributed by atoms with E-state index in [2.05, 4.69) is 0 Å². The Labute approximate surface area is 180 Å². The number of ether oxygens (including phenoxy) is 6. The van der Waals surface area contributed by atoms with E-state index in [0.29, 0.717) is 0 Å². The van der Waals surface area contributed by atoms with E-state index in [1.807, 2.05) is 4.98 Å². The lowest BCUT2D eigenvalue weighted by Crippen LogP contribution is -2.41. The fraction of sp³-hybridized carbons (Fsp3) is 0.667. The maximum Gasteiger partial charge on any atom is 0.338 e. The van der Waals surface area contributed by atoms with Crippen LogP contribution in [0.3, 0.4) is 0 Å².